The molecular formula is C19H20F6N6O2. The molecule has 3 N–H and O–H groups in total. The Labute approximate surface area is 183 Å². The number of hydrogen-bond donors (Lipinski definition) is 2. The largest absolute Gasteiger partial charge is 0.451 e. The van der Waals surface area contributed by atoms with Gasteiger partial charge >= 0.3 is 6.18 Å². The molecule has 8 nitrogen and oxygen atoms in total. The summed E-state index contributed by atoms with van der Waals surface area (Å²) in [6, 6.07) is -0.822. The van der Waals surface area contributed by atoms with Gasteiger partial charge in [0.15, 0.2) is 17.5 Å². The van der Waals surface area contributed by atoms with Crippen molar-refractivity contribution in [2.24, 2.45) is 5.73 Å². The molecule has 0 bridgehead atoms. The lowest BCUT2D eigenvalue weighted by atomic mass is 10.0. The van der Waals surface area contributed by atoms with E-state index in [4.69, 9.17) is 5.73 Å². The quantitative estimate of drug-likeness (QED) is 0.464. The van der Waals surface area contributed by atoms with Gasteiger partial charge in [0.2, 0.25) is 17.6 Å². The summed E-state index contributed by atoms with van der Waals surface area (Å²) < 4.78 is 80.7. The number of fused-ring (bicyclic) bond motifs is 1. The highest BCUT2D eigenvalue weighted by atomic mass is 19.4. The van der Waals surface area contributed by atoms with Crippen molar-refractivity contribution < 1.29 is 35.9 Å². The summed E-state index contributed by atoms with van der Waals surface area (Å²) in [4.78, 5) is 25.5. The van der Waals surface area contributed by atoms with Crippen LogP contribution in [0.5, 0.6) is 0 Å². The molecule has 180 valence electrons. The summed E-state index contributed by atoms with van der Waals surface area (Å²) in [7, 11) is 0. The molecule has 1 aromatic heterocycles. The first kappa shape index (κ1) is 24.5. The maximum atomic E-state index is 14.1. The van der Waals surface area contributed by atoms with Crippen LogP contribution in [0.25, 0.3) is 0 Å². The maximum Gasteiger partial charge on any atom is 0.451 e. The van der Waals surface area contributed by atoms with E-state index in [0.29, 0.717) is 12.1 Å². The Bertz CT molecular complexity index is 1060. The van der Waals surface area contributed by atoms with Crippen molar-refractivity contribution in [3.63, 3.8) is 0 Å². The number of alkyl halides is 3. The Morgan fingerprint density at radius 1 is 1.12 bits per heavy atom. The van der Waals surface area contributed by atoms with Crippen LogP contribution < -0.4 is 11.1 Å². The number of rotatable bonds is 7. The third-order valence-corrected chi connectivity index (χ3v) is 5.25. The van der Waals surface area contributed by atoms with Crippen LogP contribution in [0.2, 0.25) is 0 Å². The second-order valence-electron chi connectivity index (χ2n) is 7.66. The van der Waals surface area contributed by atoms with E-state index in [2.05, 4.69) is 15.5 Å². The fraction of sp³-hybridized carbons (Fsp3) is 0.474. The number of carbonyl (C=O) groups excluding carboxylic acids is 2. The number of halogens is 6. The van der Waals surface area contributed by atoms with Gasteiger partial charge in [-0.3, -0.25) is 9.59 Å². The van der Waals surface area contributed by atoms with Crippen LogP contribution in [0.15, 0.2) is 12.1 Å². The predicted molar refractivity (Wildman–Crippen MR) is 101 cm³/mol. The molecule has 14 heteroatoms. The van der Waals surface area contributed by atoms with Crippen LogP contribution in [0.1, 0.15) is 30.6 Å². The molecule has 2 aromatic rings. The van der Waals surface area contributed by atoms with Crippen molar-refractivity contribution in [1.82, 2.24) is 25.0 Å². The highest BCUT2D eigenvalue weighted by Crippen LogP contribution is 2.29. The van der Waals surface area contributed by atoms with E-state index in [1.807, 2.05) is 0 Å². The van der Waals surface area contributed by atoms with Crippen molar-refractivity contribution >= 4 is 11.8 Å². The average Bonchev–Trinajstić information content (AvgIpc) is 3.15. The number of nitrogens with one attached hydrogen (secondary N) is 1. The maximum absolute atomic E-state index is 14.1. The normalized spacial score (nSPS) is 15.8. The molecule has 0 aliphatic carbocycles. The second kappa shape index (κ2) is 9.37. The zero-order chi connectivity index (χ0) is 24.5. The summed E-state index contributed by atoms with van der Waals surface area (Å²) in [5.74, 6) is -6.20. The Hall–Kier alpha value is -3.16. The van der Waals surface area contributed by atoms with E-state index >= 15 is 0 Å². The molecule has 33 heavy (non-hydrogen) atoms. The van der Waals surface area contributed by atoms with Gasteiger partial charge in [0.05, 0.1) is 12.6 Å². The number of hydrogen-bond acceptors (Lipinski definition) is 5. The molecule has 1 aliphatic rings. The van der Waals surface area contributed by atoms with Gasteiger partial charge in [0.25, 0.3) is 0 Å². The first-order valence-corrected chi connectivity index (χ1v) is 9.82. The summed E-state index contributed by atoms with van der Waals surface area (Å²) in [5, 5.41) is 9.39. The van der Waals surface area contributed by atoms with E-state index in [-0.39, 0.29) is 43.9 Å². The number of amides is 2. The van der Waals surface area contributed by atoms with Crippen molar-refractivity contribution in [1.29, 1.82) is 0 Å². The molecule has 1 aromatic carbocycles. The van der Waals surface area contributed by atoms with E-state index < -0.39 is 53.4 Å². The van der Waals surface area contributed by atoms with Gasteiger partial charge in [0.1, 0.15) is 5.82 Å². The van der Waals surface area contributed by atoms with Gasteiger partial charge in [-0.25, -0.2) is 13.2 Å². The Morgan fingerprint density at radius 2 is 1.79 bits per heavy atom. The lowest BCUT2D eigenvalue weighted by Gasteiger charge is -2.30. The van der Waals surface area contributed by atoms with Gasteiger partial charge in [-0.1, -0.05) is 0 Å². The lowest BCUT2D eigenvalue weighted by Crippen LogP contribution is -2.48. The third kappa shape index (κ3) is 5.61. The SMILES string of the molecule is C[C@H](N[C@@H](CC(=O)N1CCn2c(nnc2C(F)(F)F)C1)Cc1cc(F)c(F)cc1F)C(N)=O. The number of primary amides is 1. The van der Waals surface area contributed by atoms with Gasteiger partial charge in [0, 0.05) is 31.6 Å². The molecule has 0 saturated carbocycles. The first-order valence-electron chi connectivity index (χ1n) is 9.82. The fourth-order valence-corrected chi connectivity index (χ4v) is 3.53. The van der Waals surface area contributed by atoms with Gasteiger partial charge in [-0.15, -0.1) is 10.2 Å². The highest BCUT2D eigenvalue weighted by molar-refractivity contribution is 5.80. The Balaban J connectivity index is 1.75. The predicted octanol–water partition coefficient (Wildman–Crippen LogP) is 1.52. The standard InChI is InChI=1S/C19H20F6N6O2/c1-9(17(26)33)27-11(4-10-5-13(21)14(22)7-12(10)20)6-16(32)30-2-3-31-15(8-30)28-29-18(31)19(23,24)25/h5,7,9,11,27H,2-4,6,8H2,1H3,(H2,26,33)/t9-,11+/m0/s1. The third-order valence-electron chi connectivity index (χ3n) is 5.25. The van der Waals surface area contributed by atoms with Crippen LogP contribution in [0.4, 0.5) is 26.3 Å². The molecule has 2 atom stereocenters. The Morgan fingerprint density at radius 3 is 2.42 bits per heavy atom. The molecule has 2 heterocycles. The molecular weight excluding hydrogens is 458 g/mol. The molecule has 0 fully saturated rings. The Kier molecular flexibility index (Phi) is 6.95. The van der Waals surface area contributed by atoms with Crippen LogP contribution in [0.3, 0.4) is 0 Å². The summed E-state index contributed by atoms with van der Waals surface area (Å²) >= 11 is 0. The zero-order valence-corrected chi connectivity index (χ0v) is 17.3. The molecule has 2 amide bonds. The van der Waals surface area contributed by atoms with Crippen LogP contribution >= 0.6 is 0 Å². The number of benzene rings is 1. The molecule has 1 aliphatic heterocycles. The monoisotopic (exact) mass is 478 g/mol. The number of aromatic nitrogens is 3. The second-order valence-corrected chi connectivity index (χ2v) is 7.66. The van der Waals surface area contributed by atoms with Crippen LogP contribution in [-0.2, 0) is 35.3 Å². The smallest absolute Gasteiger partial charge is 0.368 e. The molecule has 0 spiro atoms. The lowest BCUT2D eigenvalue weighted by molar-refractivity contribution is -0.148. The fourth-order valence-electron chi connectivity index (χ4n) is 3.53. The number of nitrogens with two attached hydrogens (primary N) is 1. The van der Waals surface area contributed by atoms with Gasteiger partial charge in [-0.05, 0) is 25.0 Å². The summed E-state index contributed by atoms with van der Waals surface area (Å²) in [6.45, 7) is 0.921. The van der Waals surface area contributed by atoms with E-state index in [1.165, 1.54) is 11.8 Å². The number of carbonyl (C=O) groups is 2. The van der Waals surface area contributed by atoms with E-state index in [0.717, 1.165) is 4.57 Å². The highest BCUT2D eigenvalue weighted by Gasteiger charge is 2.40. The van der Waals surface area contributed by atoms with Gasteiger partial charge < -0.3 is 20.5 Å². The minimum Gasteiger partial charge on any atom is -0.368 e. The minimum absolute atomic E-state index is 0.0522. The summed E-state index contributed by atoms with van der Waals surface area (Å²) in [5.41, 5.74) is 4.99. The van der Waals surface area contributed by atoms with Crippen LogP contribution in [-0.4, -0.2) is 50.1 Å². The van der Waals surface area contributed by atoms with Crippen LogP contribution in [0, 0.1) is 17.5 Å². The van der Waals surface area contributed by atoms with E-state index in [9.17, 15) is 35.9 Å². The number of nitrogens with zero attached hydrogens (tertiary/aromatic N) is 4. The minimum atomic E-state index is -4.69. The average molecular weight is 478 g/mol. The van der Waals surface area contributed by atoms with Crippen molar-refractivity contribution in [2.45, 2.75) is 51.1 Å². The van der Waals surface area contributed by atoms with Crippen molar-refractivity contribution in [3.05, 3.63) is 46.8 Å². The topological polar surface area (TPSA) is 106 Å². The first-order chi connectivity index (χ1) is 15.4. The zero-order valence-electron chi connectivity index (χ0n) is 17.3. The molecule has 3 rings (SSSR count). The summed E-state index contributed by atoms with van der Waals surface area (Å²) in [6.07, 6.45) is -5.29. The van der Waals surface area contributed by atoms with E-state index in [1.54, 1.807) is 0 Å². The van der Waals surface area contributed by atoms with Crippen molar-refractivity contribution in [2.75, 3.05) is 6.54 Å². The van der Waals surface area contributed by atoms with Gasteiger partial charge in [-0.2, -0.15) is 13.2 Å². The molecule has 0 radical (unpaired) electrons. The van der Waals surface area contributed by atoms with Crippen molar-refractivity contribution in [3.8, 4) is 0 Å². The molecule has 0 unspecified atom stereocenters. The molecule has 0 saturated heterocycles.